The zero-order chi connectivity index (χ0) is 24.3. The number of fused-ring (bicyclic) bond motifs is 3. The molecule has 1 atom stereocenters. The van der Waals surface area contributed by atoms with E-state index in [1.54, 1.807) is 0 Å². The lowest BCUT2D eigenvalue weighted by atomic mass is 9.99. The Kier molecular flexibility index (Phi) is 5.17. The van der Waals surface area contributed by atoms with Crippen LogP contribution in [0.25, 0.3) is 44.2 Å². The first kappa shape index (κ1) is 22.0. The van der Waals surface area contributed by atoms with E-state index in [0.29, 0.717) is 11.8 Å². The highest BCUT2D eigenvalue weighted by Gasteiger charge is 2.34. The molecule has 36 heavy (non-hydrogen) atoms. The zero-order valence-electron chi connectivity index (χ0n) is 21.3. The van der Waals surface area contributed by atoms with Crippen molar-refractivity contribution in [1.82, 2.24) is 19.9 Å². The van der Waals surface area contributed by atoms with Gasteiger partial charge in [0.05, 0.1) is 22.9 Å². The number of benzene rings is 3. The van der Waals surface area contributed by atoms with Crippen LogP contribution in [0.2, 0.25) is 25.2 Å². The van der Waals surface area contributed by atoms with E-state index in [9.17, 15) is 0 Å². The van der Waals surface area contributed by atoms with Crippen molar-refractivity contribution in [3.63, 3.8) is 0 Å². The largest absolute Gasteiger partial charge is 0.342 e. The van der Waals surface area contributed by atoms with Crippen LogP contribution in [0.3, 0.4) is 0 Å². The zero-order valence-corrected chi connectivity index (χ0v) is 22.3. The molecule has 0 unspecified atom stereocenters. The van der Waals surface area contributed by atoms with Gasteiger partial charge in [-0.1, -0.05) is 74.4 Å². The quantitative estimate of drug-likeness (QED) is 0.248. The van der Waals surface area contributed by atoms with Crippen LogP contribution in [-0.4, -0.2) is 28.0 Å². The number of nitrogens with one attached hydrogen (secondary N) is 2. The number of H-pyrrole nitrogens is 2. The van der Waals surface area contributed by atoms with Gasteiger partial charge in [0, 0.05) is 25.3 Å². The molecule has 3 heterocycles. The Morgan fingerprint density at radius 1 is 0.778 bits per heavy atom. The lowest BCUT2D eigenvalue weighted by molar-refractivity contribution is 0.681. The van der Waals surface area contributed by atoms with E-state index < -0.39 is 8.07 Å². The van der Waals surface area contributed by atoms with E-state index in [-0.39, 0.29) is 0 Å². The highest BCUT2D eigenvalue weighted by molar-refractivity contribution is 6.78. The first-order valence-corrected chi connectivity index (χ1v) is 17.0. The number of rotatable bonds is 4. The molecular weight excluding hydrogens is 456 g/mol. The summed E-state index contributed by atoms with van der Waals surface area (Å²) in [6, 6.07) is 22.9. The Morgan fingerprint density at radius 2 is 1.56 bits per heavy atom. The molecule has 1 saturated heterocycles. The predicted octanol–water partition coefficient (Wildman–Crippen LogP) is 8.63. The fraction of sp³-hybridized carbons (Fsp3) is 0.355. The highest BCUT2D eigenvalue weighted by Crippen LogP contribution is 2.41. The molecule has 3 aromatic carbocycles. The lowest BCUT2D eigenvalue weighted by Crippen LogP contribution is -2.19. The van der Waals surface area contributed by atoms with Gasteiger partial charge < -0.3 is 9.97 Å². The smallest absolute Gasteiger partial charge is 0.110 e. The second kappa shape index (κ2) is 8.44. The molecule has 0 amide bonds. The Labute approximate surface area is 213 Å². The normalized spacial score (nSPS) is 20.1. The molecule has 2 fully saturated rings. The summed E-state index contributed by atoms with van der Waals surface area (Å²) in [5.41, 5.74) is 7.07. The molecule has 1 aliphatic carbocycles. The third-order valence-corrected chi connectivity index (χ3v) is 11.9. The number of aromatic amines is 2. The topological polar surface area (TPSA) is 57.4 Å². The van der Waals surface area contributed by atoms with Crippen molar-refractivity contribution in [3.8, 4) is 22.4 Å². The molecule has 1 saturated carbocycles. The third kappa shape index (κ3) is 3.90. The molecular formula is C31H34N4Si. The van der Waals surface area contributed by atoms with Crippen LogP contribution in [0.4, 0.5) is 0 Å². The van der Waals surface area contributed by atoms with Crippen LogP contribution in [0.1, 0.15) is 55.6 Å². The summed E-state index contributed by atoms with van der Waals surface area (Å²) >= 11 is 0. The summed E-state index contributed by atoms with van der Waals surface area (Å²) in [6.45, 7) is 5.01. The van der Waals surface area contributed by atoms with Crippen LogP contribution < -0.4 is 0 Å². The van der Waals surface area contributed by atoms with Crippen LogP contribution in [0, 0.1) is 0 Å². The number of nitrogens with zero attached hydrogens (tertiary/aromatic N) is 2. The molecule has 2 N–H and O–H groups in total. The third-order valence-electron chi connectivity index (χ3n) is 8.71. The average Bonchev–Trinajstić information content (AvgIpc) is 3.69. The predicted molar refractivity (Wildman–Crippen MR) is 152 cm³/mol. The summed E-state index contributed by atoms with van der Waals surface area (Å²) < 4.78 is 0. The second-order valence-corrected chi connectivity index (χ2v) is 17.1. The summed E-state index contributed by atoms with van der Waals surface area (Å²) in [6.07, 6.45) is 8.48. The molecule has 2 aliphatic rings. The van der Waals surface area contributed by atoms with Crippen molar-refractivity contribution in [2.45, 2.75) is 69.1 Å². The van der Waals surface area contributed by atoms with Crippen LogP contribution in [0.15, 0.2) is 60.8 Å². The standard InChI is InChI=1S/C31H34N4Si/c1-36(2)16-15-25(19-36)30-32-18-28(34-30)21-9-7-20(8-10-21)23-11-13-26-24(17-23)12-14-27-29(26)35-31(33-27)22-5-3-4-6-22/h7-14,17-18,22,25H,3-6,15-16,19H2,1-2H3,(H,32,34)(H,33,35)/t25-/m0/s1. The fourth-order valence-corrected chi connectivity index (χ4v) is 9.66. The molecule has 182 valence electrons. The highest BCUT2D eigenvalue weighted by atomic mass is 28.3. The molecule has 1 aliphatic heterocycles. The van der Waals surface area contributed by atoms with Gasteiger partial charge in [0.25, 0.3) is 0 Å². The van der Waals surface area contributed by atoms with Crippen molar-refractivity contribution < 1.29 is 0 Å². The first-order chi connectivity index (χ1) is 17.5. The fourth-order valence-electron chi connectivity index (χ4n) is 6.60. The first-order valence-electron chi connectivity index (χ1n) is 13.6. The molecule has 5 aromatic rings. The van der Waals surface area contributed by atoms with Crippen molar-refractivity contribution in [2.24, 2.45) is 0 Å². The Bertz CT molecular complexity index is 1550. The number of hydrogen-bond donors (Lipinski definition) is 2. The van der Waals surface area contributed by atoms with Gasteiger partial charge in [-0.05, 0) is 59.5 Å². The Hall–Kier alpha value is -3.18. The van der Waals surface area contributed by atoms with Gasteiger partial charge in [0.15, 0.2) is 0 Å². The second-order valence-electron chi connectivity index (χ2n) is 11.9. The summed E-state index contributed by atoms with van der Waals surface area (Å²) in [4.78, 5) is 17.0. The molecule has 0 bridgehead atoms. The van der Waals surface area contributed by atoms with Gasteiger partial charge in [-0.3, -0.25) is 0 Å². The lowest BCUT2D eigenvalue weighted by Gasteiger charge is -2.13. The van der Waals surface area contributed by atoms with Gasteiger partial charge in [0.2, 0.25) is 0 Å². The maximum atomic E-state index is 5.05. The van der Waals surface area contributed by atoms with Crippen molar-refractivity contribution >= 4 is 29.9 Å². The SMILES string of the molecule is C[Si]1(C)CC[C@H](c2ncc(-c3ccc(-c4ccc5c(ccc6[nH]c(C7CCCC7)nc65)c4)cc3)[nH]2)C1. The number of aromatic nitrogens is 4. The van der Waals surface area contributed by atoms with Gasteiger partial charge in [0.1, 0.15) is 11.6 Å². The molecule has 0 radical (unpaired) electrons. The summed E-state index contributed by atoms with van der Waals surface area (Å²) in [7, 11) is -1.01. The van der Waals surface area contributed by atoms with E-state index in [2.05, 4.69) is 77.7 Å². The number of hydrogen-bond acceptors (Lipinski definition) is 2. The molecule has 7 rings (SSSR count). The van der Waals surface area contributed by atoms with Crippen molar-refractivity contribution in [3.05, 3.63) is 72.4 Å². The average molecular weight is 491 g/mol. The minimum atomic E-state index is -1.01. The van der Waals surface area contributed by atoms with Crippen LogP contribution >= 0.6 is 0 Å². The van der Waals surface area contributed by atoms with E-state index in [1.807, 2.05) is 6.20 Å². The minimum absolute atomic E-state index is 0.600. The van der Waals surface area contributed by atoms with Gasteiger partial charge in [-0.25, -0.2) is 9.97 Å². The van der Waals surface area contributed by atoms with E-state index in [0.717, 1.165) is 16.7 Å². The van der Waals surface area contributed by atoms with E-state index in [4.69, 9.17) is 9.97 Å². The summed E-state index contributed by atoms with van der Waals surface area (Å²) in [5.74, 6) is 3.58. The maximum Gasteiger partial charge on any atom is 0.110 e. The van der Waals surface area contributed by atoms with E-state index >= 15 is 0 Å². The maximum absolute atomic E-state index is 5.05. The van der Waals surface area contributed by atoms with Crippen LogP contribution in [0.5, 0.6) is 0 Å². The monoisotopic (exact) mass is 490 g/mol. The van der Waals surface area contributed by atoms with E-state index in [1.165, 1.54) is 83.3 Å². The Balaban J connectivity index is 1.15. The van der Waals surface area contributed by atoms with Crippen molar-refractivity contribution in [1.29, 1.82) is 0 Å². The van der Waals surface area contributed by atoms with Gasteiger partial charge >= 0.3 is 0 Å². The molecule has 5 heteroatoms. The molecule has 0 spiro atoms. The van der Waals surface area contributed by atoms with Gasteiger partial charge in [-0.15, -0.1) is 0 Å². The summed E-state index contributed by atoms with van der Waals surface area (Å²) in [5, 5.41) is 2.48. The van der Waals surface area contributed by atoms with Gasteiger partial charge in [-0.2, -0.15) is 0 Å². The number of imidazole rings is 2. The minimum Gasteiger partial charge on any atom is -0.342 e. The molecule has 4 nitrogen and oxygen atoms in total. The Morgan fingerprint density at radius 3 is 2.33 bits per heavy atom. The van der Waals surface area contributed by atoms with Crippen LogP contribution in [-0.2, 0) is 0 Å². The van der Waals surface area contributed by atoms with Crippen molar-refractivity contribution in [2.75, 3.05) is 0 Å². The molecule has 2 aromatic heterocycles.